The summed E-state index contributed by atoms with van der Waals surface area (Å²) < 4.78 is 13.4. The highest BCUT2D eigenvalue weighted by Crippen LogP contribution is 2.30. The molecule has 1 aromatic carbocycles. The van der Waals surface area contributed by atoms with Crippen LogP contribution in [0.15, 0.2) is 36.7 Å². The van der Waals surface area contributed by atoms with Gasteiger partial charge in [-0.05, 0) is 18.6 Å². The predicted molar refractivity (Wildman–Crippen MR) is 144 cm³/mol. The zero-order valence-corrected chi connectivity index (χ0v) is 22.2. The van der Waals surface area contributed by atoms with Crippen LogP contribution in [-0.2, 0) is 23.2 Å². The van der Waals surface area contributed by atoms with Gasteiger partial charge in [-0.1, -0.05) is 19.1 Å². The topological polar surface area (TPSA) is 147 Å². The van der Waals surface area contributed by atoms with Crippen LogP contribution in [0.2, 0.25) is 0 Å². The third kappa shape index (κ3) is 5.59. The van der Waals surface area contributed by atoms with Crippen molar-refractivity contribution >= 4 is 28.9 Å². The first kappa shape index (κ1) is 26.3. The number of nitrogens with zero attached hydrogens (tertiary/aromatic N) is 8. The summed E-state index contributed by atoms with van der Waals surface area (Å²) >= 11 is 0. The monoisotopic (exact) mass is 533 g/mol. The third-order valence-electron chi connectivity index (χ3n) is 6.37. The van der Waals surface area contributed by atoms with Crippen molar-refractivity contribution in [2.75, 3.05) is 49.8 Å². The normalized spacial score (nSPS) is 13.5. The molecule has 0 unspecified atom stereocenters. The van der Waals surface area contributed by atoms with Crippen molar-refractivity contribution in [3.05, 3.63) is 48.0 Å². The number of hydrogen-bond donors (Lipinski definition) is 1. The minimum atomic E-state index is -0.702. The molecule has 0 atom stereocenters. The lowest BCUT2D eigenvalue weighted by Gasteiger charge is -2.28. The minimum Gasteiger partial charge on any atom is -0.494 e. The molecule has 3 aromatic heterocycles. The van der Waals surface area contributed by atoms with E-state index >= 15 is 0 Å². The Hall–Kier alpha value is -4.36. The number of anilines is 2. The lowest BCUT2D eigenvalue weighted by Crippen LogP contribution is -2.37. The number of nitrogens with two attached hydrogens (primary N) is 1. The molecule has 5 rings (SSSR count). The average molecular weight is 534 g/mol. The summed E-state index contributed by atoms with van der Waals surface area (Å²) in [5.74, 6) is 7.56. The first-order valence-electron chi connectivity index (χ1n) is 12.7. The Balaban J connectivity index is 1.51. The summed E-state index contributed by atoms with van der Waals surface area (Å²) in [5, 5.41) is 0. The molecule has 0 spiro atoms. The third-order valence-corrected chi connectivity index (χ3v) is 6.37. The quantitative estimate of drug-likeness (QED) is 0.314. The van der Waals surface area contributed by atoms with Gasteiger partial charge in [-0.15, -0.1) is 0 Å². The molecule has 1 saturated heterocycles. The number of benzene rings is 1. The van der Waals surface area contributed by atoms with E-state index in [1.54, 1.807) is 0 Å². The van der Waals surface area contributed by atoms with Gasteiger partial charge in [0.25, 0.3) is 0 Å². The van der Waals surface area contributed by atoms with Crippen LogP contribution < -0.4 is 20.4 Å². The van der Waals surface area contributed by atoms with Crippen LogP contribution in [0.1, 0.15) is 29.5 Å². The number of carbonyl (C=O) groups excluding carboxylic acids is 1. The van der Waals surface area contributed by atoms with Gasteiger partial charge in [0, 0.05) is 45.1 Å². The second-order valence-corrected chi connectivity index (χ2v) is 9.14. The number of rotatable bonds is 9. The fourth-order valence-corrected chi connectivity index (χ4v) is 4.28. The van der Waals surface area contributed by atoms with Gasteiger partial charge < -0.3 is 28.7 Å². The van der Waals surface area contributed by atoms with Gasteiger partial charge in [0.2, 0.25) is 5.95 Å². The van der Waals surface area contributed by atoms with Crippen LogP contribution in [0.3, 0.4) is 0 Å². The summed E-state index contributed by atoms with van der Waals surface area (Å²) in [6, 6.07) is 7.83. The van der Waals surface area contributed by atoms with E-state index < -0.39 is 5.97 Å². The highest BCUT2D eigenvalue weighted by molar-refractivity contribution is 5.88. The summed E-state index contributed by atoms with van der Waals surface area (Å²) in [4.78, 5) is 43.2. The molecule has 13 nitrogen and oxygen atoms in total. The number of aromatic nitrogens is 6. The van der Waals surface area contributed by atoms with Gasteiger partial charge in [0.15, 0.2) is 22.8 Å². The van der Waals surface area contributed by atoms with Gasteiger partial charge in [0.1, 0.15) is 11.6 Å². The molecule has 1 fully saturated rings. The van der Waals surface area contributed by atoms with Crippen molar-refractivity contribution in [2.45, 2.75) is 19.9 Å². The Labute approximate surface area is 225 Å². The molecule has 0 amide bonds. The van der Waals surface area contributed by atoms with Gasteiger partial charge in [0.05, 0.1) is 31.9 Å². The molecule has 0 bridgehead atoms. The van der Waals surface area contributed by atoms with E-state index in [4.69, 9.17) is 30.3 Å². The van der Waals surface area contributed by atoms with E-state index in [9.17, 15) is 4.79 Å². The first-order chi connectivity index (χ1) is 19.0. The van der Waals surface area contributed by atoms with Crippen LogP contribution in [0.5, 0.6) is 5.75 Å². The maximum absolute atomic E-state index is 11.6. The van der Waals surface area contributed by atoms with Gasteiger partial charge >= 0.3 is 5.97 Å². The van der Waals surface area contributed by atoms with Crippen LogP contribution >= 0.6 is 0 Å². The molecule has 4 heterocycles. The number of hydrogen-bond acceptors (Lipinski definition) is 12. The number of imidazole rings is 1. The summed E-state index contributed by atoms with van der Waals surface area (Å²) in [6.07, 6.45) is 3.67. The Kier molecular flexibility index (Phi) is 7.79. The van der Waals surface area contributed by atoms with E-state index in [0.29, 0.717) is 62.4 Å². The molecule has 1 aliphatic heterocycles. The standard InChI is InChI=1S/C26H31N9O4/c1-4-10-38-19-7-5-6-17(13-19)22-31-23-21(24(32-22)35-8-11-37-12-9-35)30-20(34(23)3)16-33(2)26-28-14-18(15-29-26)25(36)39-27/h5-7,13-15H,4,8-12,16,27H2,1-3H3. The highest BCUT2D eigenvalue weighted by atomic mass is 16.7. The zero-order chi connectivity index (χ0) is 27.4. The second-order valence-electron chi connectivity index (χ2n) is 9.14. The molecule has 4 aromatic rings. The average Bonchev–Trinajstić information content (AvgIpc) is 3.30. The number of fused-ring (bicyclic) bond motifs is 1. The van der Waals surface area contributed by atoms with Crippen molar-refractivity contribution in [1.82, 2.24) is 29.5 Å². The van der Waals surface area contributed by atoms with E-state index in [-0.39, 0.29) is 5.56 Å². The number of morpholine rings is 1. The maximum Gasteiger partial charge on any atom is 0.359 e. The van der Waals surface area contributed by atoms with Crippen LogP contribution in [-0.4, -0.2) is 75.4 Å². The minimum absolute atomic E-state index is 0.166. The lowest BCUT2D eigenvalue weighted by atomic mass is 10.2. The van der Waals surface area contributed by atoms with E-state index in [1.807, 2.05) is 47.8 Å². The Bertz CT molecular complexity index is 1450. The summed E-state index contributed by atoms with van der Waals surface area (Å²) in [5.41, 5.74) is 2.46. The van der Waals surface area contributed by atoms with Gasteiger partial charge in [-0.2, -0.15) is 5.90 Å². The second kappa shape index (κ2) is 11.6. The molecule has 0 saturated carbocycles. The Morgan fingerprint density at radius 2 is 1.92 bits per heavy atom. The number of ether oxygens (including phenoxy) is 2. The largest absolute Gasteiger partial charge is 0.494 e. The van der Waals surface area contributed by atoms with Crippen molar-refractivity contribution in [2.24, 2.45) is 12.9 Å². The Morgan fingerprint density at radius 3 is 2.64 bits per heavy atom. The van der Waals surface area contributed by atoms with Crippen molar-refractivity contribution in [3.63, 3.8) is 0 Å². The van der Waals surface area contributed by atoms with Crippen molar-refractivity contribution in [1.29, 1.82) is 0 Å². The fraction of sp³-hybridized carbons (Fsp3) is 0.385. The van der Waals surface area contributed by atoms with E-state index in [0.717, 1.165) is 29.4 Å². The Morgan fingerprint density at radius 1 is 1.15 bits per heavy atom. The summed E-state index contributed by atoms with van der Waals surface area (Å²) in [6.45, 7) is 5.77. The predicted octanol–water partition coefficient (Wildman–Crippen LogP) is 2.11. The first-order valence-corrected chi connectivity index (χ1v) is 12.7. The smallest absolute Gasteiger partial charge is 0.359 e. The summed E-state index contributed by atoms with van der Waals surface area (Å²) in [7, 11) is 3.78. The maximum atomic E-state index is 11.6. The number of carbonyl (C=O) groups is 1. The van der Waals surface area contributed by atoms with Crippen molar-refractivity contribution in [3.8, 4) is 17.1 Å². The molecule has 0 aliphatic carbocycles. The van der Waals surface area contributed by atoms with E-state index in [1.165, 1.54) is 12.4 Å². The SMILES string of the molecule is CCCOc1cccc(-c2nc(N3CCOCC3)c3nc(CN(C)c4ncc(C(=O)ON)cn4)n(C)c3n2)c1. The van der Waals surface area contributed by atoms with Gasteiger partial charge in [-0.25, -0.2) is 29.7 Å². The molecule has 39 heavy (non-hydrogen) atoms. The molecule has 0 radical (unpaired) electrons. The molecule has 1 aliphatic rings. The number of aryl methyl sites for hydroxylation is 1. The van der Waals surface area contributed by atoms with Gasteiger partial charge in [-0.3, -0.25) is 0 Å². The molecule has 13 heteroatoms. The molecular weight excluding hydrogens is 502 g/mol. The fourth-order valence-electron chi connectivity index (χ4n) is 4.28. The van der Waals surface area contributed by atoms with Crippen LogP contribution in [0, 0.1) is 0 Å². The lowest BCUT2D eigenvalue weighted by molar-refractivity contribution is 0.0502. The molecular formula is C26H31N9O4. The highest BCUT2D eigenvalue weighted by Gasteiger charge is 2.23. The van der Waals surface area contributed by atoms with Crippen LogP contribution in [0.4, 0.5) is 11.8 Å². The van der Waals surface area contributed by atoms with Crippen molar-refractivity contribution < 1.29 is 19.1 Å². The van der Waals surface area contributed by atoms with E-state index in [2.05, 4.69) is 26.6 Å². The zero-order valence-electron chi connectivity index (χ0n) is 22.2. The molecule has 2 N–H and O–H groups in total. The van der Waals surface area contributed by atoms with Crippen LogP contribution in [0.25, 0.3) is 22.6 Å². The molecule has 204 valence electrons.